The van der Waals surface area contributed by atoms with Crippen LogP contribution in [0.25, 0.3) is 32.6 Å². The molecule has 0 radical (unpaired) electrons. The maximum absolute atomic E-state index is 8.95. The van der Waals surface area contributed by atoms with E-state index in [2.05, 4.69) is 20.3 Å². The smallest absolute Gasteiger partial charge is 0.222 e. The van der Waals surface area contributed by atoms with Gasteiger partial charge in [-0.1, -0.05) is 12.5 Å². The minimum absolute atomic E-state index is 0.0266. The van der Waals surface area contributed by atoms with Crippen LogP contribution in [0.1, 0.15) is 19.3 Å². The fourth-order valence-corrected chi connectivity index (χ4v) is 6.24. The lowest BCUT2D eigenvalue weighted by Gasteiger charge is -2.23. The zero-order valence-electron chi connectivity index (χ0n) is 16.8. The lowest BCUT2D eigenvalue weighted by Crippen LogP contribution is -2.12. The molecule has 4 aromatic heterocycles. The Morgan fingerprint density at radius 1 is 1.19 bits per heavy atom. The number of thiophene rings is 1. The molecule has 4 heterocycles. The van der Waals surface area contributed by atoms with Gasteiger partial charge < -0.3 is 16.2 Å². The van der Waals surface area contributed by atoms with Crippen molar-refractivity contribution < 1.29 is 5.11 Å². The highest BCUT2D eigenvalue weighted by Crippen LogP contribution is 2.48. The van der Waals surface area contributed by atoms with Crippen LogP contribution in [0.15, 0.2) is 47.2 Å². The summed E-state index contributed by atoms with van der Waals surface area (Å²) in [6.45, 7) is 0.434. The van der Waals surface area contributed by atoms with Crippen molar-refractivity contribution in [3.05, 3.63) is 43.0 Å². The van der Waals surface area contributed by atoms with Gasteiger partial charge in [-0.05, 0) is 30.5 Å². The molecule has 4 aromatic rings. The zero-order valence-corrected chi connectivity index (χ0v) is 18.4. The van der Waals surface area contributed by atoms with Gasteiger partial charge in [0.1, 0.15) is 4.83 Å². The SMILES string of the molecule is Nc1c(SC2CCC2)sc2nc(-c3cnc(NCCO)nc3)cc(-c3cccnc3)c12. The summed E-state index contributed by atoms with van der Waals surface area (Å²) in [7, 11) is 0. The molecule has 0 aliphatic heterocycles. The van der Waals surface area contributed by atoms with E-state index < -0.39 is 0 Å². The van der Waals surface area contributed by atoms with E-state index in [0.717, 1.165) is 42.5 Å². The lowest BCUT2D eigenvalue weighted by molar-refractivity contribution is 0.311. The van der Waals surface area contributed by atoms with E-state index in [1.807, 2.05) is 36.2 Å². The first kappa shape index (κ1) is 20.2. The molecule has 9 heteroatoms. The molecule has 0 bridgehead atoms. The second kappa shape index (κ2) is 8.78. The van der Waals surface area contributed by atoms with Crippen molar-refractivity contribution in [2.24, 2.45) is 0 Å². The molecule has 0 aromatic carbocycles. The molecule has 1 aliphatic carbocycles. The van der Waals surface area contributed by atoms with Gasteiger partial charge in [-0.3, -0.25) is 4.98 Å². The van der Waals surface area contributed by atoms with Gasteiger partial charge >= 0.3 is 0 Å². The molecular weight excluding hydrogens is 428 g/mol. The third-order valence-electron chi connectivity index (χ3n) is 5.31. The second-order valence-corrected chi connectivity index (χ2v) is 9.96. The molecule has 0 spiro atoms. The zero-order chi connectivity index (χ0) is 21.2. The largest absolute Gasteiger partial charge is 0.397 e. The Bertz CT molecular complexity index is 1190. The number of nitrogens with one attached hydrogen (secondary N) is 1. The van der Waals surface area contributed by atoms with E-state index in [4.69, 9.17) is 15.8 Å². The molecule has 7 nitrogen and oxygen atoms in total. The lowest BCUT2D eigenvalue weighted by atomic mass is 10.0. The summed E-state index contributed by atoms with van der Waals surface area (Å²) in [6.07, 6.45) is 10.9. The number of aliphatic hydroxyl groups excluding tert-OH is 1. The van der Waals surface area contributed by atoms with Crippen molar-refractivity contribution in [2.45, 2.75) is 28.7 Å². The van der Waals surface area contributed by atoms with Gasteiger partial charge in [0.25, 0.3) is 0 Å². The summed E-state index contributed by atoms with van der Waals surface area (Å²) >= 11 is 3.54. The summed E-state index contributed by atoms with van der Waals surface area (Å²) in [4.78, 5) is 18.8. The molecule has 0 saturated heterocycles. The Hall–Kier alpha value is -2.75. The molecule has 1 aliphatic rings. The summed E-state index contributed by atoms with van der Waals surface area (Å²) in [5, 5.41) is 13.6. The van der Waals surface area contributed by atoms with E-state index in [0.29, 0.717) is 17.7 Å². The van der Waals surface area contributed by atoms with Gasteiger partial charge in [0, 0.05) is 53.1 Å². The summed E-state index contributed by atoms with van der Waals surface area (Å²) < 4.78 is 1.15. The first-order chi connectivity index (χ1) is 15.2. The molecule has 31 heavy (non-hydrogen) atoms. The van der Waals surface area contributed by atoms with Gasteiger partial charge in [-0.25, -0.2) is 15.0 Å². The van der Waals surface area contributed by atoms with Gasteiger partial charge in [-0.15, -0.1) is 23.1 Å². The Morgan fingerprint density at radius 2 is 2.03 bits per heavy atom. The van der Waals surface area contributed by atoms with Crippen LogP contribution < -0.4 is 11.1 Å². The average molecular weight is 451 g/mol. The predicted octanol–water partition coefficient (Wildman–Crippen LogP) is 4.45. The number of pyridine rings is 2. The minimum Gasteiger partial charge on any atom is -0.397 e. The first-order valence-corrected chi connectivity index (χ1v) is 11.9. The molecule has 0 amide bonds. The molecular formula is C22H22N6OS2. The number of hydrogen-bond donors (Lipinski definition) is 3. The highest BCUT2D eigenvalue weighted by molar-refractivity contribution is 8.02. The minimum atomic E-state index is 0.0266. The van der Waals surface area contributed by atoms with Crippen LogP contribution in [0.3, 0.4) is 0 Å². The second-order valence-electron chi connectivity index (χ2n) is 7.40. The molecule has 0 atom stereocenters. The first-order valence-electron chi connectivity index (χ1n) is 10.2. The Labute approximate surface area is 188 Å². The fourth-order valence-electron chi connectivity index (χ4n) is 3.45. The van der Waals surface area contributed by atoms with E-state index in [1.165, 1.54) is 19.3 Å². The van der Waals surface area contributed by atoms with Crippen molar-refractivity contribution in [2.75, 3.05) is 24.2 Å². The number of hydrogen-bond acceptors (Lipinski definition) is 9. The van der Waals surface area contributed by atoms with Crippen LogP contribution in [0, 0.1) is 0 Å². The van der Waals surface area contributed by atoms with Gasteiger partial charge in [-0.2, -0.15) is 0 Å². The molecule has 158 valence electrons. The monoisotopic (exact) mass is 450 g/mol. The normalized spacial score (nSPS) is 14.0. The third kappa shape index (κ3) is 4.08. The van der Waals surface area contributed by atoms with E-state index >= 15 is 0 Å². The van der Waals surface area contributed by atoms with Gasteiger partial charge in [0.05, 0.1) is 22.2 Å². The van der Waals surface area contributed by atoms with Crippen LogP contribution >= 0.6 is 23.1 Å². The number of nitrogen functional groups attached to an aromatic ring is 1. The van der Waals surface area contributed by atoms with Gasteiger partial charge in [0.15, 0.2) is 0 Å². The van der Waals surface area contributed by atoms with Crippen molar-refractivity contribution in [3.63, 3.8) is 0 Å². The van der Waals surface area contributed by atoms with Crippen molar-refractivity contribution in [3.8, 4) is 22.4 Å². The Morgan fingerprint density at radius 3 is 2.71 bits per heavy atom. The Kier molecular flexibility index (Phi) is 5.71. The number of aromatic nitrogens is 4. The molecule has 5 rings (SSSR count). The van der Waals surface area contributed by atoms with Crippen LogP contribution in [0.4, 0.5) is 11.6 Å². The topological polar surface area (TPSA) is 110 Å². The summed E-state index contributed by atoms with van der Waals surface area (Å²) in [6, 6.07) is 6.01. The predicted molar refractivity (Wildman–Crippen MR) is 127 cm³/mol. The molecule has 1 saturated carbocycles. The van der Waals surface area contributed by atoms with Crippen molar-refractivity contribution in [1.29, 1.82) is 0 Å². The maximum atomic E-state index is 8.95. The number of thioether (sulfide) groups is 1. The van der Waals surface area contributed by atoms with Crippen LogP contribution in [0.5, 0.6) is 0 Å². The standard InChI is InChI=1S/C22H22N6OS2/c23-19-18-16(13-3-2-6-24-10-13)9-17(14-11-26-22(27-12-14)25-7-8-29)28-20(18)31-21(19)30-15-4-1-5-15/h2-3,6,9-12,15,29H,1,4-5,7-8,23H2,(H,25,26,27). The number of nitrogens with zero attached hydrogens (tertiary/aromatic N) is 4. The number of aliphatic hydroxyl groups is 1. The molecule has 4 N–H and O–H groups in total. The quantitative estimate of drug-likeness (QED) is 0.379. The number of fused-ring (bicyclic) bond motifs is 1. The van der Waals surface area contributed by atoms with E-state index in [1.54, 1.807) is 29.9 Å². The van der Waals surface area contributed by atoms with Crippen LogP contribution in [0.2, 0.25) is 0 Å². The highest BCUT2D eigenvalue weighted by atomic mass is 32.2. The van der Waals surface area contributed by atoms with Crippen LogP contribution in [-0.2, 0) is 0 Å². The van der Waals surface area contributed by atoms with Crippen molar-refractivity contribution in [1.82, 2.24) is 19.9 Å². The van der Waals surface area contributed by atoms with Gasteiger partial charge in [0.2, 0.25) is 5.95 Å². The van der Waals surface area contributed by atoms with E-state index in [-0.39, 0.29) is 6.61 Å². The maximum Gasteiger partial charge on any atom is 0.222 e. The average Bonchev–Trinajstić information content (AvgIpc) is 3.10. The van der Waals surface area contributed by atoms with Crippen LogP contribution in [-0.4, -0.2) is 43.4 Å². The summed E-state index contributed by atoms with van der Waals surface area (Å²) in [5.41, 5.74) is 11.1. The molecule has 1 fully saturated rings. The number of anilines is 2. The number of nitrogens with two attached hydrogens (primary N) is 1. The van der Waals surface area contributed by atoms with E-state index in [9.17, 15) is 0 Å². The fraction of sp³-hybridized carbons (Fsp3) is 0.273. The Balaban J connectivity index is 1.60. The summed E-state index contributed by atoms with van der Waals surface area (Å²) in [5.74, 6) is 0.478. The number of rotatable bonds is 7. The van der Waals surface area contributed by atoms with Crippen molar-refractivity contribution >= 4 is 45.0 Å². The highest BCUT2D eigenvalue weighted by Gasteiger charge is 2.24. The molecule has 0 unspecified atom stereocenters. The third-order valence-corrected chi connectivity index (χ3v) is 7.98.